The summed E-state index contributed by atoms with van der Waals surface area (Å²) in [6.07, 6.45) is 1.24. The van der Waals surface area contributed by atoms with Gasteiger partial charge in [-0.3, -0.25) is 19.8 Å². The minimum atomic E-state index is -1.44. The van der Waals surface area contributed by atoms with Crippen molar-refractivity contribution < 1.29 is 23.2 Å². The van der Waals surface area contributed by atoms with Gasteiger partial charge in [0.1, 0.15) is 17.8 Å². The molecule has 2 heterocycles. The standard InChI is InChI=1S/C22H29F2N5O3/c1-22(2,3)16-12-17(28-27-16)25-20(31)19(21(32)29-6-4-5-7-29)26-18(30)10-13-8-14(23)11-15(24)9-13/h8-9,11,17,19,28H,4-7,10,12H2,1-3H3,(H,25,31)(H,26,30). The molecule has 10 heteroatoms. The number of carbonyl (C=O) groups is 3. The molecule has 3 rings (SSSR count). The molecule has 1 saturated heterocycles. The lowest BCUT2D eigenvalue weighted by atomic mass is 9.88. The predicted octanol–water partition coefficient (Wildman–Crippen LogP) is 1.45. The summed E-state index contributed by atoms with van der Waals surface area (Å²) in [6.45, 7) is 7.03. The van der Waals surface area contributed by atoms with Crippen LogP contribution in [0.15, 0.2) is 23.3 Å². The number of carbonyl (C=O) groups excluding carboxylic acids is 3. The highest BCUT2D eigenvalue weighted by atomic mass is 19.1. The third-order valence-electron chi connectivity index (χ3n) is 5.45. The average Bonchev–Trinajstić information content (AvgIpc) is 3.36. The summed E-state index contributed by atoms with van der Waals surface area (Å²) in [7, 11) is 0. The fourth-order valence-corrected chi connectivity index (χ4v) is 3.72. The first-order chi connectivity index (χ1) is 15.0. The van der Waals surface area contributed by atoms with Crippen LogP contribution in [0.2, 0.25) is 0 Å². The molecule has 0 aliphatic carbocycles. The Bertz CT molecular complexity index is 902. The van der Waals surface area contributed by atoms with E-state index in [4.69, 9.17) is 0 Å². The Morgan fingerprint density at radius 1 is 1.16 bits per heavy atom. The number of hydrogen-bond donors (Lipinski definition) is 3. The van der Waals surface area contributed by atoms with E-state index in [-0.39, 0.29) is 17.4 Å². The molecule has 1 aromatic carbocycles. The highest BCUT2D eigenvalue weighted by molar-refractivity contribution is 6.07. The van der Waals surface area contributed by atoms with E-state index >= 15 is 0 Å². The Hall–Kier alpha value is -3.04. The van der Waals surface area contributed by atoms with Crippen LogP contribution in [0.25, 0.3) is 0 Å². The number of nitrogens with one attached hydrogen (secondary N) is 3. The van der Waals surface area contributed by atoms with Crippen molar-refractivity contribution in [2.24, 2.45) is 10.5 Å². The second-order valence-corrected chi connectivity index (χ2v) is 9.19. The Kier molecular flexibility index (Phi) is 7.10. The summed E-state index contributed by atoms with van der Waals surface area (Å²) in [5, 5.41) is 9.42. The molecule has 2 atom stereocenters. The second-order valence-electron chi connectivity index (χ2n) is 9.19. The first-order valence-electron chi connectivity index (χ1n) is 10.7. The molecule has 32 heavy (non-hydrogen) atoms. The van der Waals surface area contributed by atoms with Gasteiger partial charge in [-0.2, -0.15) is 5.10 Å². The molecule has 1 fully saturated rings. The van der Waals surface area contributed by atoms with Gasteiger partial charge in [0.15, 0.2) is 6.04 Å². The van der Waals surface area contributed by atoms with Crippen LogP contribution in [-0.2, 0) is 20.8 Å². The first-order valence-corrected chi connectivity index (χ1v) is 10.7. The van der Waals surface area contributed by atoms with Gasteiger partial charge < -0.3 is 15.5 Å². The number of nitrogens with zero attached hydrogens (tertiary/aromatic N) is 2. The van der Waals surface area contributed by atoms with E-state index in [1.807, 2.05) is 20.8 Å². The lowest BCUT2D eigenvalue weighted by Gasteiger charge is -2.25. The summed E-state index contributed by atoms with van der Waals surface area (Å²) in [6, 6.07) is 1.33. The fraction of sp³-hybridized carbons (Fsp3) is 0.545. The van der Waals surface area contributed by atoms with Crippen molar-refractivity contribution in [2.45, 2.75) is 58.7 Å². The van der Waals surface area contributed by atoms with Crippen molar-refractivity contribution in [3.63, 3.8) is 0 Å². The predicted molar refractivity (Wildman–Crippen MR) is 114 cm³/mol. The van der Waals surface area contributed by atoms with E-state index in [0.717, 1.165) is 30.7 Å². The summed E-state index contributed by atoms with van der Waals surface area (Å²) >= 11 is 0. The number of amides is 3. The van der Waals surface area contributed by atoms with Crippen LogP contribution in [0, 0.1) is 17.0 Å². The van der Waals surface area contributed by atoms with E-state index in [1.54, 1.807) is 0 Å². The van der Waals surface area contributed by atoms with Gasteiger partial charge in [0.05, 0.1) is 6.42 Å². The molecule has 2 unspecified atom stereocenters. The highest BCUT2D eigenvalue weighted by Crippen LogP contribution is 2.22. The number of halogens is 2. The number of hydrazone groups is 1. The summed E-state index contributed by atoms with van der Waals surface area (Å²) in [4.78, 5) is 40.0. The van der Waals surface area contributed by atoms with Crippen molar-refractivity contribution in [2.75, 3.05) is 13.1 Å². The molecule has 3 amide bonds. The molecule has 0 radical (unpaired) electrons. The van der Waals surface area contributed by atoms with Crippen molar-refractivity contribution in [1.29, 1.82) is 0 Å². The molecule has 174 valence electrons. The third kappa shape index (κ3) is 6.02. The molecular weight excluding hydrogens is 420 g/mol. The molecule has 0 spiro atoms. The average molecular weight is 450 g/mol. The van der Waals surface area contributed by atoms with Gasteiger partial charge in [0, 0.05) is 36.7 Å². The SMILES string of the molecule is CC(C)(C)C1=NNC(NC(=O)C(NC(=O)Cc2cc(F)cc(F)c2)C(=O)N2CCCC2)C1. The van der Waals surface area contributed by atoms with Crippen molar-refractivity contribution in [1.82, 2.24) is 21.0 Å². The van der Waals surface area contributed by atoms with E-state index in [1.165, 1.54) is 4.90 Å². The summed E-state index contributed by atoms with van der Waals surface area (Å²) in [5.41, 5.74) is 3.66. The van der Waals surface area contributed by atoms with Crippen LogP contribution in [0.4, 0.5) is 8.78 Å². The van der Waals surface area contributed by atoms with Crippen LogP contribution in [-0.4, -0.2) is 53.6 Å². The number of benzene rings is 1. The Morgan fingerprint density at radius 3 is 2.34 bits per heavy atom. The van der Waals surface area contributed by atoms with Gasteiger partial charge >= 0.3 is 0 Å². The van der Waals surface area contributed by atoms with E-state index in [2.05, 4.69) is 21.2 Å². The molecule has 0 saturated carbocycles. The van der Waals surface area contributed by atoms with Crippen LogP contribution < -0.4 is 16.1 Å². The molecule has 0 bridgehead atoms. The third-order valence-corrected chi connectivity index (χ3v) is 5.45. The maximum Gasteiger partial charge on any atom is 0.254 e. The lowest BCUT2D eigenvalue weighted by molar-refractivity contribution is -0.141. The lowest BCUT2D eigenvalue weighted by Crippen LogP contribution is -2.58. The molecular formula is C22H29F2N5O3. The zero-order valence-corrected chi connectivity index (χ0v) is 18.5. The Morgan fingerprint density at radius 2 is 1.78 bits per heavy atom. The van der Waals surface area contributed by atoms with Crippen molar-refractivity contribution >= 4 is 23.4 Å². The minimum absolute atomic E-state index is 0.105. The van der Waals surface area contributed by atoms with E-state index in [0.29, 0.717) is 25.6 Å². The zero-order chi connectivity index (χ0) is 23.5. The van der Waals surface area contributed by atoms with Gasteiger partial charge in [-0.05, 0) is 30.5 Å². The number of likely N-dealkylation sites (tertiary alicyclic amines) is 1. The topological polar surface area (TPSA) is 103 Å². The molecule has 8 nitrogen and oxygen atoms in total. The number of hydrogen-bond acceptors (Lipinski definition) is 5. The van der Waals surface area contributed by atoms with Crippen LogP contribution >= 0.6 is 0 Å². The normalized spacial score (nSPS) is 19.2. The van der Waals surface area contributed by atoms with Crippen molar-refractivity contribution in [3.05, 3.63) is 35.4 Å². The van der Waals surface area contributed by atoms with Crippen LogP contribution in [0.3, 0.4) is 0 Å². The Labute approximate surface area is 185 Å². The largest absolute Gasteiger partial charge is 0.340 e. The van der Waals surface area contributed by atoms with Gasteiger partial charge in [-0.1, -0.05) is 20.8 Å². The smallest absolute Gasteiger partial charge is 0.254 e. The number of rotatable bonds is 6. The highest BCUT2D eigenvalue weighted by Gasteiger charge is 2.36. The second kappa shape index (κ2) is 9.62. The monoisotopic (exact) mass is 449 g/mol. The summed E-state index contributed by atoms with van der Waals surface area (Å²) in [5.74, 6) is -3.47. The molecule has 2 aliphatic rings. The van der Waals surface area contributed by atoms with Gasteiger partial charge in [-0.15, -0.1) is 0 Å². The maximum atomic E-state index is 13.4. The van der Waals surface area contributed by atoms with E-state index in [9.17, 15) is 23.2 Å². The van der Waals surface area contributed by atoms with Gasteiger partial charge in [0.2, 0.25) is 5.91 Å². The van der Waals surface area contributed by atoms with Crippen LogP contribution in [0.1, 0.15) is 45.6 Å². The molecule has 3 N–H and O–H groups in total. The first kappa shape index (κ1) is 23.6. The maximum absolute atomic E-state index is 13.4. The van der Waals surface area contributed by atoms with Crippen molar-refractivity contribution in [3.8, 4) is 0 Å². The molecule has 0 aromatic heterocycles. The van der Waals surface area contributed by atoms with E-state index < -0.39 is 41.6 Å². The summed E-state index contributed by atoms with van der Waals surface area (Å²) < 4.78 is 26.9. The Balaban J connectivity index is 1.68. The fourth-order valence-electron chi connectivity index (χ4n) is 3.72. The minimum Gasteiger partial charge on any atom is -0.340 e. The zero-order valence-electron chi connectivity index (χ0n) is 18.5. The molecule has 2 aliphatic heterocycles. The van der Waals surface area contributed by atoms with Gasteiger partial charge in [0.25, 0.3) is 11.8 Å². The quantitative estimate of drug-likeness (QED) is 0.572. The molecule has 1 aromatic rings. The van der Waals surface area contributed by atoms with Gasteiger partial charge in [-0.25, -0.2) is 8.78 Å². The van der Waals surface area contributed by atoms with Crippen LogP contribution in [0.5, 0.6) is 0 Å².